The van der Waals surface area contributed by atoms with Crippen LogP contribution in [0.4, 0.5) is 0 Å². The normalized spacial score (nSPS) is 25.3. The van der Waals surface area contributed by atoms with Crippen molar-refractivity contribution < 1.29 is 0 Å². The summed E-state index contributed by atoms with van der Waals surface area (Å²) >= 11 is 6.20. The van der Waals surface area contributed by atoms with E-state index < -0.39 is 0 Å². The Kier molecular flexibility index (Phi) is 4.39. The van der Waals surface area contributed by atoms with Crippen LogP contribution in [0.5, 0.6) is 0 Å². The molecule has 1 aliphatic rings. The molecule has 0 radical (unpaired) electrons. The third-order valence-corrected chi connectivity index (χ3v) is 8.14. The molecule has 2 aromatic rings. The minimum Gasteiger partial charge on any atom is -0.125 e. The Morgan fingerprint density at radius 1 is 0.700 bits per heavy atom. The smallest absolute Gasteiger partial charge is 0.0779 e. The molecule has 0 spiro atoms. The predicted octanol–water partition coefficient (Wildman–Crippen LogP) is 6.33. The van der Waals surface area contributed by atoms with Gasteiger partial charge in [-0.15, -0.1) is 35.3 Å². The second-order valence-corrected chi connectivity index (χ2v) is 10.8. The van der Waals surface area contributed by atoms with Gasteiger partial charge in [0, 0.05) is 0 Å². The molecule has 0 aliphatic carbocycles. The number of rotatable bonds is 2. The Morgan fingerprint density at radius 2 is 1.10 bits per heavy atom. The number of hydrogen-bond donors (Lipinski definition) is 0. The average Bonchev–Trinajstić information content (AvgIpc) is 2.47. The molecular formula is C17H18S3. The maximum Gasteiger partial charge on any atom is 0.0779 e. The lowest BCUT2D eigenvalue weighted by Crippen LogP contribution is -2.18. The van der Waals surface area contributed by atoms with Crippen LogP contribution in [0.15, 0.2) is 60.7 Å². The van der Waals surface area contributed by atoms with Crippen LogP contribution in [-0.4, -0.2) is 4.08 Å². The zero-order chi connectivity index (χ0) is 14.0. The van der Waals surface area contributed by atoms with E-state index in [1.54, 1.807) is 0 Å². The first-order valence-corrected chi connectivity index (χ1v) is 9.45. The monoisotopic (exact) mass is 318 g/mol. The molecule has 1 heterocycles. The molecule has 1 fully saturated rings. The molecule has 2 atom stereocenters. The molecule has 20 heavy (non-hydrogen) atoms. The van der Waals surface area contributed by atoms with Crippen LogP contribution < -0.4 is 0 Å². The lowest BCUT2D eigenvalue weighted by Gasteiger charge is -2.39. The molecule has 1 aliphatic heterocycles. The van der Waals surface area contributed by atoms with Gasteiger partial charge in [-0.1, -0.05) is 60.7 Å². The van der Waals surface area contributed by atoms with Gasteiger partial charge < -0.3 is 0 Å². The van der Waals surface area contributed by atoms with Crippen LogP contribution in [0.25, 0.3) is 0 Å². The minimum atomic E-state index is 0.242. The predicted molar refractivity (Wildman–Crippen MR) is 95.2 cm³/mol. The first-order chi connectivity index (χ1) is 9.64. The van der Waals surface area contributed by atoms with E-state index in [1.807, 2.05) is 0 Å². The topological polar surface area (TPSA) is 0 Å². The molecule has 0 bridgehead atoms. The first-order valence-electron chi connectivity index (χ1n) is 6.75. The first kappa shape index (κ1) is 14.4. The van der Waals surface area contributed by atoms with Crippen molar-refractivity contribution in [1.82, 2.24) is 0 Å². The summed E-state index contributed by atoms with van der Waals surface area (Å²) in [5.74, 6) is 0. The van der Waals surface area contributed by atoms with Crippen molar-refractivity contribution in [2.45, 2.75) is 27.1 Å². The quantitative estimate of drug-likeness (QED) is 0.634. The van der Waals surface area contributed by atoms with E-state index in [0.717, 1.165) is 0 Å². The van der Waals surface area contributed by atoms with Gasteiger partial charge in [-0.25, -0.2) is 0 Å². The largest absolute Gasteiger partial charge is 0.125 e. The van der Waals surface area contributed by atoms with Gasteiger partial charge in [0.25, 0.3) is 0 Å². The van der Waals surface area contributed by atoms with Gasteiger partial charge in [0.1, 0.15) is 0 Å². The average molecular weight is 319 g/mol. The molecule has 0 N–H and O–H groups in total. The summed E-state index contributed by atoms with van der Waals surface area (Å²) in [6.45, 7) is 4.68. The Bertz CT molecular complexity index is 501. The van der Waals surface area contributed by atoms with E-state index in [1.165, 1.54) is 11.1 Å². The summed E-state index contributed by atoms with van der Waals surface area (Å²) in [6, 6.07) is 21.7. The highest BCUT2D eigenvalue weighted by Crippen LogP contribution is 2.65. The summed E-state index contributed by atoms with van der Waals surface area (Å²) in [4.78, 5) is 0. The highest BCUT2D eigenvalue weighted by atomic mass is 32.3. The molecule has 2 aromatic carbocycles. The molecule has 0 nitrogen and oxygen atoms in total. The Labute approximate surface area is 134 Å². The lowest BCUT2D eigenvalue weighted by atomic mass is 10.2. The van der Waals surface area contributed by atoms with Crippen molar-refractivity contribution in [3.63, 3.8) is 0 Å². The summed E-state index contributed by atoms with van der Waals surface area (Å²) in [5.41, 5.74) is 2.86. The SMILES string of the molecule is CC1(C)S[C@H](c2ccccc2)S[C@@H](c2ccccc2)S1. The maximum absolute atomic E-state index is 2.34. The van der Waals surface area contributed by atoms with Gasteiger partial charge in [-0.3, -0.25) is 0 Å². The van der Waals surface area contributed by atoms with Gasteiger partial charge in [0.05, 0.1) is 13.2 Å². The molecule has 3 rings (SSSR count). The fourth-order valence-electron chi connectivity index (χ4n) is 2.22. The Balaban J connectivity index is 1.87. The van der Waals surface area contributed by atoms with Crippen molar-refractivity contribution in [2.24, 2.45) is 0 Å². The van der Waals surface area contributed by atoms with Crippen LogP contribution in [0.1, 0.15) is 34.1 Å². The van der Waals surface area contributed by atoms with Crippen LogP contribution in [0, 0.1) is 0 Å². The maximum atomic E-state index is 2.34. The molecule has 0 saturated carbocycles. The van der Waals surface area contributed by atoms with Crippen molar-refractivity contribution in [3.8, 4) is 0 Å². The van der Waals surface area contributed by atoms with Crippen LogP contribution in [-0.2, 0) is 0 Å². The Hall–Kier alpha value is -0.510. The van der Waals surface area contributed by atoms with Crippen molar-refractivity contribution >= 4 is 35.3 Å². The fourth-order valence-corrected chi connectivity index (χ4v) is 8.63. The fraction of sp³-hybridized carbons (Fsp3) is 0.294. The van der Waals surface area contributed by atoms with E-state index in [9.17, 15) is 0 Å². The second-order valence-electron chi connectivity index (χ2n) is 5.26. The summed E-state index contributed by atoms with van der Waals surface area (Å²) < 4.78 is 1.27. The van der Waals surface area contributed by atoms with E-state index in [0.29, 0.717) is 9.16 Å². The van der Waals surface area contributed by atoms with Gasteiger partial charge in [0.2, 0.25) is 0 Å². The van der Waals surface area contributed by atoms with Gasteiger partial charge in [-0.2, -0.15) is 0 Å². The van der Waals surface area contributed by atoms with Crippen molar-refractivity contribution in [1.29, 1.82) is 0 Å². The van der Waals surface area contributed by atoms with E-state index in [-0.39, 0.29) is 4.08 Å². The van der Waals surface area contributed by atoms with E-state index in [4.69, 9.17) is 0 Å². The summed E-state index contributed by atoms with van der Waals surface area (Å²) in [7, 11) is 0. The van der Waals surface area contributed by atoms with Gasteiger partial charge in [-0.05, 0) is 25.0 Å². The van der Waals surface area contributed by atoms with Gasteiger partial charge >= 0.3 is 0 Å². The van der Waals surface area contributed by atoms with Crippen LogP contribution in [0.2, 0.25) is 0 Å². The van der Waals surface area contributed by atoms with Gasteiger partial charge in [0.15, 0.2) is 0 Å². The second kappa shape index (κ2) is 6.08. The summed E-state index contributed by atoms with van der Waals surface area (Å²) in [6.07, 6.45) is 0. The third-order valence-electron chi connectivity index (χ3n) is 3.17. The number of thioether (sulfide) groups is 3. The standard InChI is InChI=1S/C17H18S3/c1-17(2)19-15(13-9-5-3-6-10-13)18-16(20-17)14-11-7-4-8-12-14/h3-12,15-16H,1-2H3/t15-,16-/m1/s1. The van der Waals surface area contributed by atoms with E-state index >= 15 is 0 Å². The molecule has 0 aromatic heterocycles. The van der Waals surface area contributed by atoms with Crippen LogP contribution >= 0.6 is 35.3 Å². The molecule has 0 amide bonds. The number of hydrogen-bond acceptors (Lipinski definition) is 3. The molecular weight excluding hydrogens is 300 g/mol. The molecule has 0 unspecified atom stereocenters. The Morgan fingerprint density at radius 3 is 1.50 bits per heavy atom. The third kappa shape index (κ3) is 3.38. The zero-order valence-corrected chi connectivity index (χ0v) is 14.1. The summed E-state index contributed by atoms with van der Waals surface area (Å²) in [5, 5.41) is 0. The van der Waals surface area contributed by atoms with Crippen LogP contribution in [0.3, 0.4) is 0 Å². The minimum absolute atomic E-state index is 0.242. The highest BCUT2D eigenvalue weighted by Gasteiger charge is 2.37. The highest BCUT2D eigenvalue weighted by molar-refractivity contribution is 8.33. The van der Waals surface area contributed by atoms with E-state index in [2.05, 4.69) is 110 Å². The molecule has 104 valence electrons. The molecule has 3 heteroatoms. The lowest BCUT2D eigenvalue weighted by molar-refractivity contribution is 1.01. The molecule has 1 saturated heterocycles. The van der Waals surface area contributed by atoms with Crippen molar-refractivity contribution in [2.75, 3.05) is 0 Å². The zero-order valence-electron chi connectivity index (χ0n) is 11.7. The van der Waals surface area contributed by atoms with Crippen molar-refractivity contribution in [3.05, 3.63) is 71.8 Å². The number of benzene rings is 2.